The minimum Gasteiger partial charge on any atom is -0.371 e. The number of nitrogens with one attached hydrogen (secondary N) is 1. The van der Waals surface area contributed by atoms with Crippen LogP contribution in [0, 0.1) is 5.41 Å². The third-order valence-corrected chi connectivity index (χ3v) is 6.09. The fourth-order valence-corrected chi connectivity index (χ4v) is 4.24. The monoisotopic (exact) mass is 473 g/mol. The SMILES string of the molecule is CC(C)(C)C(=O)NC(Cc1ccc(OS(N)(=O)=O)cc1)c1nc(Cc2ccccc2)cs1. The summed E-state index contributed by atoms with van der Waals surface area (Å²) in [6.45, 7) is 5.59. The van der Waals surface area contributed by atoms with E-state index in [-0.39, 0.29) is 17.7 Å². The van der Waals surface area contributed by atoms with Gasteiger partial charge in [0.1, 0.15) is 10.8 Å². The lowest BCUT2D eigenvalue weighted by molar-refractivity contribution is -0.129. The van der Waals surface area contributed by atoms with Crippen molar-refractivity contribution in [3.63, 3.8) is 0 Å². The first-order valence-corrected chi connectivity index (χ1v) is 12.4. The number of amides is 1. The maximum atomic E-state index is 12.7. The molecule has 170 valence electrons. The highest BCUT2D eigenvalue weighted by molar-refractivity contribution is 7.84. The van der Waals surface area contributed by atoms with Crippen LogP contribution in [0.25, 0.3) is 0 Å². The van der Waals surface area contributed by atoms with Crippen molar-refractivity contribution in [1.82, 2.24) is 10.3 Å². The fourth-order valence-electron chi connectivity index (χ4n) is 2.99. The summed E-state index contributed by atoms with van der Waals surface area (Å²) in [5.74, 6) is 0.0578. The van der Waals surface area contributed by atoms with E-state index in [1.807, 2.05) is 44.4 Å². The Morgan fingerprint density at radius 2 is 1.75 bits per heavy atom. The zero-order chi connectivity index (χ0) is 23.4. The first-order valence-electron chi connectivity index (χ1n) is 10.1. The van der Waals surface area contributed by atoms with Crippen LogP contribution in [-0.2, 0) is 27.9 Å². The van der Waals surface area contributed by atoms with E-state index in [9.17, 15) is 13.2 Å². The van der Waals surface area contributed by atoms with Gasteiger partial charge < -0.3 is 9.50 Å². The molecule has 0 aliphatic rings. The van der Waals surface area contributed by atoms with E-state index in [1.165, 1.54) is 29.0 Å². The van der Waals surface area contributed by atoms with Crippen LogP contribution >= 0.6 is 11.3 Å². The summed E-state index contributed by atoms with van der Waals surface area (Å²) in [4.78, 5) is 17.5. The summed E-state index contributed by atoms with van der Waals surface area (Å²) in [5.41, 5.74) is 2.47. The number of hydrogen-bond acceptors (Lipinski definition) is 6. The molecular formula is C23H27N3O4S2. The Morgan fingerprint density at radius 3 is 2.34 bits per heavy atom. The molecule has 1 heterocycles. The van der Waals surface area contributed by atoms with E-state index >= 15 is 0 Å². The Hall–Kier alpha value is -2.75. The molecule has 32 heavy (non-hydrogen) atoms. The molecule has 1 aromatic heterocycles. The van der Waals surface area contributed by atoms with Crippen molar-refractivity contribution >= 4 is 27.5 Å². The lowest BCUT2D eigenvalue weighted by atomic mass is 9.94. The molecule has 0 spiro atoms. The van der Waals surface area contributed by atoms with Crippen LogP contribution in [0.2, 0.25) is 0 Å². The van der Waals surface area contributed by atoms with Crippen molar-refractivity contribution < 1.29 is 17.4 Å². The second-order valence-electron chi connectivity index (χ2n) is 8.54. The maximum absolute atomic E-state index is 12.7. The molecule has 9 heteroatoms. The van der Waals surface area contributed by atoms with Crippen LogP contribution in [0.4, 0.5) is 0 Å². The molecule has 0 aliphatic heterocycles. The molecule has 1 amide bonds. The smallest absolute Gasteiger partial charge is 0.371 e. The normalized spacial score (nSPS) is 12.9. The topological polar surface area (TPSA) is 111 Å². The first kappa shape index (κ1) is 23.9. The Labute approximate surface area is 192 Å². The molecule has 1 atom stereocenters. The second kappa shape index (κ2) is 9.81. The molecule has 0 radical (unpaired) electrons. The number of carbonyl (C=O) groups is 1. The summed E-state index contributed by atoms with van der Waals surface area (Å²) < 4.78 is 26.9. The van der Waals surface area contributed by atoms with Gasteiger partial charge in [-0.25, -0.2) is 4.98 Å². The number of nitrogens with two attached hydrogens (primary N) is 1. The molecule has 0 bridgehead atoms. The molecule has 0 aliphatic carbocycles. The predicted octanol–water partition coefficient (Wildman–Crippen LogP) is 3.76. The highest BCUT2D eigenvalue weighted by Crippen LogP contribution is 2.26. The van der Waals surface area contributed by atoms with Crippen LogP contribution in [0.15, 0.2) is 60.0 Å². The van der Waals surface area contributed by atoms with Crippen molar-refractivity contribution in [2.24, 2.45) is 10.6 Å². The van der Waals surface area contributed by atoms with Crippen molar-refractivity contribution in [3.05, 3.63) is 81.8 Å². The Balaban J connectivity index is 1.80. The number of thiazole rings is 1. The number of nitrogens with zero attached hydrogens (tertiary/aromatic N) is 1. The van der Waals surface area contributed by atoms with Gasteiger partial charge in [0.2, 0.25) is 5.91 Å². The molecule has 7 nitrogen and oxygen atoms in total. The molecule has 3 aromatic rings. The Bertz CT molecular complexity index is 1150. The summed E-state index contributed by atoms with van der Waals surface area (Å²) in [6, 6.07) is 16.3. The van der Waals surface area contributed by atoms with Crippen LogP contribution < -0.4 is 14.6 Å². The van der Waals surface area contributed by atoms with Gasteiger partial charge in [0.15, 0.2) is 0 Å². The highest BCUT2D eigenvalue weighted by Gasteiger charge is 2.26. The number of rotatable bonds is 8. The summed E-state index contributed by atoms with van der Waals surface area (Å²) in [5, 5.41) is 10.9. The van der Waals surface area contributed by atoms with Gasteiger partial charge in [0, 0.05) is 17.2 Å². The summed E-state index contributed by atoms with van der Waals surface area (Å²) in [6.07, 6.45) is 1.21. The Kier molecular flexibility index (Phi) is 7.33. The molecule has 2 aromatic carbocycles. The number of benzene rings is 2. The Morgan fingerprint density at radius 1 is 1.09 bits per heavy atom. The fraction of sp³-hybridized carbons (Fsp3) is 0.304. The second-order valence-corrected chi connectivity index (χ2v) is 10.6. The number of hydrogen-bond donors (Lipinski definition) is 2. The molecule has 3 N–H and O–H groups in total. The number of carbonyl (C=O) groups excluding carboxylic acids is 1. The van der Waals surface area contributed by atoms with Crippen molar-refractivity contribution in [2.75, 3.05) is 0 Å². The van der Waals surface area contributed by atoms with E-state index in [0.29, 0.717) is 6.42 Å². The molecule has 0 saturated heterocycles. The average Bonchev–Trinajstić information content (AvgIpc) is 3.16. The third kappa shape index (κ3) is 7.15. The van der Waals surface area contributed by atoms with Crippen molar-refractivity contribution in [3.8, 4) is 5.75 Å². The van der Waals surface area contributed by atoms with Gasteiger partial charge >= 0.3 is 10.3 Å². The predicted molar refractivity (Wildman–Crippen MR) is 126 cm³/mol. The van der Waals surface area contributed by atoms with Crippen LogP contribution in [0.3, 0.4) is 0 Å². The van der Waals surface area contributed by atoms with E-state index in [2.05, 4.69) is 21.6 Å². The minimum absolute atomic E-state index is 0.0727. The summed E-state index contributed by atoms with van der Waals surface area (Å²) in [7, 11) is -4.08. The van der Waals surface area contributed by atoms with Gasteiger partial charge in [-0.15, -0.1) is 11.3 Å². The van der Waals surface area contributed by atoms with Gasteiger partial charge in [-0.3, -0.25) is 4.79 Å². The van der Waals surface area contributed by atoms with Crippen LogP contribution in [0.1, 0.15) is 48.6 Å². The van der Waals surface area contributed by atoms with Crippen molar-refractivity contribution in [2.45, 2.75) is 39.7 Å². The lowest BCUT2D eigenvalue weighted by Crippen LogP contribution is -2.38. The van der Waals surface area contributed by atoms with Gasteiger partial charge in [0.25, 0.3) is 0 Å². The molecule has 1 unspecified atom stereocenters. The molecule has 3 rings (SSSR count). The van der Waals surface area contributed by atoms with Crippen LogP contribution in [0.5, 0.6) is 5.75 Å². The van der Waals surface area contributed by atoms with Crippen molar-refractivity contribution in [1.29, 1.82) is 0 Å². The molecule has 0 saturated carbocycles. The summed E-state index contributed by atoms with van der Waals surface area (Å²) >= 11 is 1.51. The van der Waals surface area contributed by atoms with Gasteiger partial charge in [-0.1, -0.05) is 63.2 Å². The number of aromatic nitrogens is 1. The quantitative estimate of drug-likeness (QED) is 0.517. The lowest BCUT2D eigenvalue weighted by Gasteiger charge is -2.23. The van der Waals surface area contributed by atoms with Crippen LogP contribution in [-0.4, -0.2) is 19.3 Å². The zero-order valence-electron chi connectivity index (χ0n) is 18.2. The van der Waals surface area contributed by atoms with Gasteiger partial charge in [-0.05, 0) is 29.7 Å². The zero-order valence-corrected chi connectivity index (χ0v) is 19.9. The van der Waals surface area contributed by atoms with Gasteiger partial charge in [-0.2, -0.15) is 13.6 Å². The third-order valence-electron chi connectivity index (χ3n) is 4.66. The molecular weight excluding hydrogens is 446 g/mol. The standard InChI is InChI=1S/C23H27N3O4S2/c1-23(2,3)22(27)26-20(14-17-9-11-19(12-10-17)30-32(24,28)29)21-25-18(15-31-21)13-16-7-5-4-6-8-16/h4-12,15,20H,13-14H2,1-3H3,(H,26,27)(H2,24,28,29). The highest BCUT2D eigenvalue weighted by atomic mass is 32.2. The van der Waals surface area contributed by atoms with E-state index in [1.54, 1.807) is 12.1 Å². The first-order chi connectivity index (χ1) is 15.0. The van der Waals surface area contributed by atoms with E-state index in [4.69, 9.17) is 10.1 Å². The minimum atomic E-state index is -4.08. The van der Waals surface area contributed by atoms with Gasteiger partial charge in [0.05, 0.1) is 11.7 Å². The largest absolute Gasteiger partial charge is 0.380 e. The van der Waals surface area contributed by atoms with E-state index < -0.39 is 15.7 Å². The average molecular weight is 474 g/mol. The molecule has 0 fully saturated rings. The van der Waals surface area contributed by atoms with E-state index in [0.717, 1.165) is 22.7 Å². The maximum Gasteiger partial charge on any atom is 0.380 e.